The Hall–Kier alpha value is -2.74. The van der Waals surface area contributed by atoms with Gasteiger partial charge >= 0.3 is 0 Å². The Labute approximate surface area is 157 Å². The van der Waals surface area contributed by atoms with Crippen molar-refractivity contribution in [1.29, 1.82) is 0 Å². The molecule has 8 heteroatoms. The van der Waals surface area contributed by atoms with Crippen molar-refractivity contribution in [2.24, 2.45) is 0 Å². The van der Waals surface area contributed by atoms with Gasteiger partial charge < -0.3 is 16.0 Å². The van der Waals surface area contributed by atoms with E-state index in [2.05, 4.69) is 33.8 Å². The summed E-state index contributed by atoms with van der Waals surface area (Å²) in [6.45, 7) is 11.0. The van der Waals surface area contributed by atoms with Gasteiger partial charge in [0.25, 0.3) is 5.91 Å². The number of thiazole rings is 1. The molecule has 0 saturated carbocycles. The van der Waals surface area contributed by atoms with Gasteiger partial charge in [0.15, 0.2) is 0 Å². The van der Waals surface area contributed by atoms with E-state index in [-0.39, 0.29) is 17.5 Å². The highest BCUT2D eigenvalue weighted by molar-refractivity contribution is 7.13. The lowest BCUT2D eigenvalue weighted by Crippen LogP contribution is -2.28. The topological polar surface area (TPSA) is 97.0 Å². The monoisotopic (exact) mass is 372 g/mol. The van der Waals surface area contributed by atoms with Crippen LogP contribution in [0.15, 0.2) is 35.4 Å². The zero-order chi connectivity index (χ0) is 19.3. The normalized spacial score (nSPS) is 11.3. The summed E-state index contributed by atoms with van der Waals surface area (Å²) in [5, 5.41) is 5.49. The molecule has 2 aromatic rings. The average Bonchev–Trinajstić information content (AvgIpc) is 3.03. The number of nitrogen functional groups attached to an aromatic ring is 1. The zero-order valence-electron chi connectivity index (χ0n) is 15.5. The van der Waals surface area contributed by atoms with Crippen LogP contribution in [0.5, 0.6) is 0 Å². The van der Waals surface area contributed by atoms with Crippen LogP contribution in [0.25, 0.3) is 10.7 Å². The van der Waals surface area contributed by atoms with Gasteiger partial charge in [-0.05, 0) is 32.4 Å². The number of carbonyl (C=O) groups excluding carboxylic acids is 1. The highest BCUT2D eigenvalue weighted by atomic mass is 32.1. The summed E-state index contributed by atoms with van der Waals surface area (Å²) in [5.41, 5.74) is 9.26. The number of hydrogen-bond donors (Lipinski definition) is 2. The van der Waals surface area contributed by atoms with Gasteiger partial charge in [0.1, 0.15) is 16.4 Å². The van der Waals surface area contributed by atoms with E-state index in [0.717, 1.165) is 23.4 Å². The van der Waals surface area contributed by atoms with Gasteiger partial charge in [-0.3, -0.25) is 4.79 Å². The minimum absolute atomic E-state index is 0.0434. The molecule has 1 amide bonds. The van der Waals surface area contributed by atoms with Crippen LogP contribution in [-0.4, -0.2) is 45.9 Å². The number of nitrogens with zero attached hydrogens (tertiary/aromatic N) is 4. The van der Waals surface area contributed by atoms with Crippen molar-refractivity contribution in [3.05, 3.63) is 46.8 Å². The minimum atomic E-state index is -0.320. The molecule has 0 spiro atoms. The van der Waals surface area contributed by atoms with E-state index in [1.807, 2.05) is 37.4 Å². The van der Waals surface area contributed by atoms with Crippen molar-refractivity contribution in [1.82, 2.24) is 25.2 Å². The lowest BCUT2D eigenvalue weighted by atomic mass is 10.1. The molecule has 138 valence electrons. The molecular weight excluding hydrogens is 348 g/mol. The first kappa shape index (κ1) is 19.6. The van der Waals surface area contributed by atoms with Crippen molar-refractivity contribution in [3.8, 4) is 10.7 Å². The fourth-order valence-electron chi connectivity index (χ4n) is 2.09. The van der Waals surface area contributed by atoms with Crippen LogP contribution in [0.2, 0.25) is 0 Å². The molecule has 0 bridgehead atoms. The molecule has 3 N–H and O–H groups in total. The van der Waals surface area contributed by atoms with Crippen molar-refractivity contribution in [3.63, 3.8) is 0 Å². The Morgan fingerprint density at radius 2 is 2.15 bits per heavy atom. The SMILES string of the molecule is C=C(C)/C(=C\N(C)CC)CNC(=O)c1cc(-c2nc(C)cs2)nc(N)n1. The summed E-state index contributed by atoms with van der Waals surface area (Å²) in [4.78, 5) is 27.2. The summed E-state index contributed by atoms with van der Waals surface area (Å²) in [5.74, 6) is -0.276. The molecule has 7 nitrogen and oxygen atoms in total. The molecule has 2 aromatic heterocycles. The van der Waals surface area contributed by atoms with Crippen LogP contribution in [0.4, 0.5) is 5.95 Å². The third-order valence-corrected chi connectivity index (χ3v) is 4.66. The first-order valence-corrected chi connectivity index (χ1v) is 9.10. The van der Waals surface area contributed by atoms with Crippen molar-refractivity contribution in [2.45, 2.75) is 20.8 Å². The average molecular weight is 372 g/mol. The van der Waals surface area contributed by atoms with Crippen LogP contribution < -0.4 is 11.1 Å². The molecule has 0 fully saturated rings. The number of aryl methyl sites for hydroxylation is 1. The Morgan fingerprint density at radius 3 is 2.73 bits per heavy atom. The molecule has 0 radical (unpaired) electrons. The lowest BCUT2D eigenvalue weighted by molar-refractivity contribution is 0.0952. The van der Waals surface area contributed by atoms with E-state index in [0.29, 0.717) is 17.2 Å². The number of amides is 1. The zero-order valence-corrected chi connectivity index (χ0v) is 16.4. The first-order chi connectivity index (χ1) is 12.3. The van der Waals surface area contributed by atoms with Gasteiger partial charge in [0.05, 0.1) is 0 Å². The quantitative estimate of drug-likeness (QED) is 0.725. The summed E-state index contributed by atoms with van der Waals surface area (Å²) in [7, 11) is 1.97. The van der Waals surface area contributed by atoms with Crippen LogP contribution in [0, 0.1) is 6.92 Å². The maximum absolute atomic E-state index is 12.5. The fourth-order valence-corrected chi connectivity index (χ4v) is 2.85. The minimum Gasteiger partial charge on any atom is -0.380 e. The second-order valence-electron chi connectivity index (χ2n) is 5.98. The van der Waals surface area contributed by atoms with Gasteiger partial charge in [0.2, 0.25) is 5.95 Å². The summed E-state index contributed by atoms with van der Waals surface area (Å²) in [6.07, 6.45) is 1.97. The molecule has 0 aromatic carbocycles. The number of nitrogens with two attached hydrogens (primary N) is 1. The Balaban J connectivity index is 2.18. The van der Waals surface area contributed by atoms with E-state index in [9.17, 15) is 4.79 Å². The number of rotatable bonds is 7. The van der Waals surface area contributed by atoms with Gasteiger partial charge in [-0.1, -0.05) is 12.2 Å². The molecule has 2 rings (SSSR count). The largest absolute Gasteiger partial charge is 0.380 e. The molecule has 2 heterocycles. The van der Waals surface area contributed by atoms with E-state index >= 15 is 0 Å². The van der Waals surface area contributed by atoms with E-state index < -0.39 is 0 Å². The van der Waals surface area contributed by atoms with Crippen molar-refractivity contribution >= 4 is 23.2 Å². The number of carbonyl (C=O) groups is 1. The molecule has 0 atom stereocenters. The summed E-state index contributed by atoms with van der Waals surface area (Å²) < 4.78 is 0. The number of anilines is 1. The van der Waals surface area contributed by atoms with Gasteiger partial charge in [-0.25, -0.2) is 15.0 Å². The number of nitrogens with one attached hydrogen (secondary N) is 1. The molecule has 0 saturated heterocycles. The van der Waals surface area contributed by atoms with Crippen LogP contribution in [0.3, 0.4) is 0 Å². The Bertz CT molecular complexity index is 842. The van der Waals surface area contributed by atoms with Gasteiger partial charge in [-0.15, -0.1) is 11.3 Å². The number of hydrogen-bond acceptors (Lipinski definition) is 7. The number of aromatic nitrogens is 3. The smallest absolute Gasteiger partial charge is 0.270 e. The van der Waals surface area contributed by atoms with Crippen LogP contribution in [0.1, 0.15) is 30.0 Å². The Morgan fingerprint density at radius 1 is 1.42 bits per heavy atom. The second kappa shape index (κ2) is 8.57. The van der Waals surface area contributed by atoms with Crippen LogP contribution in [-0.2, 0) is 0 Å². The maximum atomic E-state index is 12.5. The third-order valence-electron chi connectivity index (χ3n) is 3.68. The third kappa shape index (κ3) is 5.13. The summed E-state index contributed by atoms with van der Waals surface area (Å²) in [6, 6.07) is 1.60. The fraction of sp³-hybridized carbons (Fsp3) is 0.333. The summed E-state index contributed by atoms with van der Waals surface area (Å²) >= 11 is 1.45. The molecule has 0 aliphatic carbocycles. The van der Waals surface area contributed by atoms with E-state index in [1.165, 1.54) is 11.3 Å². The van der Waals surface area contributed by atoms with Crippen molar-refractivity contribution in [2.75, 3.05) is 25.9 Å². The van der Waals surface area contributed by atoms with Crippen LogP contribution >= 0.6 is 11.3 Å². The predicted molar refractivity (Wildman–Crippen MR) is 106 cm³/mol. The lowest BCUT2D eigenvalue weighted by Gasteiger charge is -2.15. The highest BCUT2D eigenvalue weighted by Gasteiger charge is 2.14. The molecule has 26 heavy (non-hydrogen) atoms. The highest BCUT2D eigenvalue weighted by Crippen LogP contribution is 2.22. The predicted octanol–water partition coefficient (Wildman–Crippen LogP) is 2.63. The molecule has 0 aliphatic heterocycles. The standard InChI is InChI=1S/C18H24N6OS/c1-6-24(5)9-13(11(2)3)8-20-16(25)14-7-15(23-18(19)22-14)17-21-12(4)10-26-17/h7,9-10H,2,6,8H2,1,3-5H3,(H,20,25)(H2,19,22,23)/b13-9-. The molecular formula is C18H24N6OS. The molecule has 0 unspecified atom stereocenters. The van der Waals surface area contributed by atoms with E-state index in [1.54, 1.807) is 6.07 Å². The maximum Gasteiger partial charge on any atom is 0.270 e. The second-order valence-corrected chi connectivity index (χ2v) is 6.84. The first-order valence-electron chi connectivity index (χ1n) is 8.22. The van der Waals surface area contributed by atoms with Crippen molar-refractivity contribution < 1.29 is 4.79 Å². The van der Waals surface area contributed by atoms with Gasteiger partial charge in [0, 0.05) is 37.4 Å². The molecule has 0 aliphatic rings. The van der Waals surface area contributed by atoms with E-state index in [4.69, 9.17) is 5.73 Å². The van der Waals surface area contributed by atoms with Gasteiger partial charge in [-0.2, -0.15) is 0 Å². The Kier molecular flexibility index (Phi) is 6.46.